The summed E-state index contributed by atoms with van der Waals surface area (Å²) in [4.78, 5) is 9.38. The first-order valence-corrected chi connectivity index (χ1v) is 10.9. The minimum Gasteiger partial charge on any atom is -0.381 e. The van der Waals surface area contributed by atoms with Crippen LogP contribution in [-0.4, -0.2) is 73.9 Å². The van der Waals surface area contributed by atoms with Crippen molar-refractivity contribution in [1.82, 2.24) is 20.3 Å². The molecule has 30 heavy (non-hydrogen) atoms. The third-order valence-corrected chi connectivity index (χ3v) is 6.51. The lowest BCUT2D eigenvalue weighted by Gasteiger charge is -2.41. The van der Waals surface area contributed by atoms with Crippen LogP contribution in [0.15, 0.2) is 46.1 Å². The maximum absolute atomic E-state index is 5.70. The largest absolute Gasteiger partial charge is 0.381 e. The van der Waals surface area contributed by atoms with Crippen molar-refractivity contribution in [3.8, 4) is 0 Å². The van der Waals surface area contributed by atoms with Crippen molar-refractivity contribution in [2.75, 3.05) is 53.0 Å². The normalized spacial score (nSPS) is 20.3. The van der Waals surface area contributed by atoms with E-state index in [9.17, 15) is 0 Å². The summed E-state index contributed by atoms with van der Waals surface area (Å²) in [5.41, 5.74) is 3.88. The molecule has 0 unspecified atom stereocenters. The zero-order valence-corrected chi connectivity index (χ0v) is 18.1. The van der Waals surface area contributed by atoms with E-state index in [4.69, 9.17) is 9.26 Å². The fourth-order valence-electron chi connectivity index (χ4n) is 4.72. The van der Waals surface area contributed by atoms with Gasteiger partial charge in [-0.2, -0.15) is 0 Å². The van der Waals surface area contributed by atoms with Gasteiger partial charge in [-0.25, -0.2) is 0 Å². The second kappa shape index (κ2) is 9.62. The molecule has 0 radical (unpaired) electrons. The molecule has 0 aliphatic carbocycles. The van der Waals surface area contributed by atoms with E-state index in [0.29, 0.717) is 0 Å². The molecule has 1 aromatic carbocycles. The molecule has 2 saturated heterocycles. The smallest absolute Gasteiger partial charge is 0.193 e. The van der Waals surface area contributed by atoms with Crippen LogP contribution in [0.4, 0.5) is 0 Å². The van der Waals surface area contributed by atoms with Gasteiger partial charge in [0, 0.05) is 71.0 Å². The van der Waals surface area contributed by atoms with E-state index in [1.165, 1.54) is 11.1 Å². The van der Waals surface area contributed by atoms with Gasteiger partial charge in [-0.1, -0.05) is 29.4 Å². The average molecular weight is 412 g/mol. The Morgan fingerprint density at radius 2 is 1.90 bits per heavy atom. The van der Waals surface area contributed by atoms with E-state index in [1.807, 2.05) is 13.1 Å². The molecular weight excluding hydrogens is 378 g/mol. The van der Waals surface area contributed by atoms with Crippen LogP contribution in [0.1, 0.15) is 29.7 Å². The van der Waals surface area contributed by atoms with Gasteiger partial charge in [0.1, 0.15) is 6.26 Å². The fourth-order valence-corrected chi connectivity index (χ4v) is 4.72. The molecule has 2 aliphatic heterocycles. The Balaban J connectivity index is 1.38. The Labute approximate surface area is 179 Å². The highest BCUT2D eigenvalue weighted by atomic mass is 16.5. The Morgan fingerprint density at radius 3 is 2.57 bits per heavy atom. The molecular formula is C23H33N5O2. The van der Waals surface area contributed by atoms with Gasteiger partial charge in [-0.05, 0) is 30.9 Å². The second-order valence-corrected chi connectivity index (χ2v) is 8.36. The summed E-state index contributed by atoms with van der Waals surface area (Å²) in [6.45, 7) is 9.46. The fraction of sp³-hybridized carbons (Fsp3) is 0.565. The van der Waals surface area contributed by atoms with Crippen LogP contribution >= 0.6 is 0 Å². The number of aryl methyl sites for hydroxylation is 1. The molecule has 2 aromatic rings. The van der Waals surface area contributed by atoms with Gasteiger partial charge < -0.3 is 19.5 Å². The predicted molar refractivity (Wildman–Crippen MR) is 118 cm³/mol. The van der Waals surface area contributed by atoms with Crippen LogP contribution in [0.25, 0.3) is 0 Å². The Morgan fingerprint density at radius 1 is 1.13 bits per heavy atom. The van der Waals surface area contributed by atoms with Gasteiger partial charge >= 0.3 is 0 Å². The van der Waals surface area contributed by atoms with E-state index in [-0.39, 0.29) is 5.41 Å². The molecule has 7 nitrogen and oxygen atoms in total. The van der Waals surface area contributed by atoms with Crippen LogP contribution in [0.5, 0.6) is 0 Å². The molecule has 0 bridgehead atoms. The molecule has 7 heteroatoms. The first kappa shape index (κ1) is 20.9. The number of hydrogen-bond donors (Lipinski definition) is 1. The first-order valence-electron chi connectivity index (χ1n) is 10.9. The molecule has 162 valence electrons. The van der Waals surface area contributed by atoms with Crippen molar-refractivity contribution < 1.29 is 9.26 Å². The van der Waals surface area contributed by atoms with Crippen molar-refractivity contribution in [3.63, 3.8) is 0 Å². The zero-order chi connectivity index (χ0) is 20.8. The highest BCUT2D eigenvalue weighted by Gasteiger charge is 2.36. The summed E-state index contributed by atoms with van der Waals surface area (Å²) >= 11 is 0. The Bertz CT molecular complexity index is 822. The number of aromatic nitrogens is 1. The summed E-state index contributed by atoms with van der Waals surface area (Å²) in [7, 11) is 1.88. The van der Waals surface area contributed by atoms with Gasteiger partial charge in [-0.15, -0.1) is 0 Å². The highest BCUT2D eigenvalue weighted by Crippen LogP contribution is 2.36. The quantitative estimate of drug-likeness (QED) is 0.602. The molecule has 4 rings (SSSR count). The lowest BCUT2D eigenvalue weighted by atomic mass is 9.72. The van der Waals surface area contributed by atoms with E-state index >= 15 is 0 Å². The standard InChI is InChI=1S/C23H33N5O2/c1-19-5-3-4-6-21(19)23(8-15-29-16-9-23)18-25-22(24-2)28-12-10-27(11-13-28)17-20-7-14-30-26-20/h3-7,14H,8-13,15-18H2,1-2H3,(H,24,25). The third-order valence-electron chi connectivity index (χ3n) is 6.51. The summed E-state index contributed by atoms with van der Waals surface area (Å²) in [5, 5.41) is 7.74. The predicted octanol–water partition coefficient (Wildman–Crippen LogP) is 2.42. The lowest BCUT2D eigenvalue weighted by Crippen LogP contribution is -2.54. The minimum atomic E-state index is 0.0916. The first-order chi connectivity index (χ1) is 14.7. The van der Waals surface area contributed by atoms with Gasteiger partial charge in [0.15, 0.2) is 5.96 Å². The van der Waals surface area contributed by atoms with Crippen LogP contribution in [0, 0.1) is 6.92 Å². The van der Waals surface area contributed by atoms with Crippen LogP contribution < -0.4 is 5.32 Å². The molecule has 0 saturated carbocycles. The van der Waals surface area contributed by atoms with E-state index in [1.54, 1.807) is 6.26 Å². The van der Waals surface area contributed by atoms with Crippen molar-refractivity contribution in [1.29, 1.82) is 0 Å². The van der Waals surface area contributed by atoms with E-state index in [0.717, 1.165) is 77.0 Å². The summed E-state index contributed by atoms with van der Waals surface area (Å²) in [6, 6.07) is 10.7. The molecule has 0 spiro atoms. The number of piperazine rings is 1. The van der Waals surface area contributed by atoms with Crippen LogP contribution in [0.2, 0.25) is 0 Å². The number of rotatable bonds is 5. The van der Waals surface area contributed by atoms with Gasteiger partial charge in [-0.3, -0.25) is 9.89 Å². The molecule has 2 aliphatic rings. The number of nitrogens with zero attached hydrogens (tertiary/aromatic N) is 4. The molecule has 1 aromatic heterocycles. The average Bonchev–Trinajstić information content (AvgIpc) is 3.29. The summed E-state index contributed by atoms with van der Waals surface area (Å²) in [5.74, 6) is 0.996. The molecule has 1 N–H and O–H groups in total. The minimum absolute atomic E-state index is 0.0916. The molecule has 2 fully saturated rings. The number of ether oxygens (including phenoxy) is 1. The third kappa shape index (κ3) is 4.68. The maximum atomic E-state index is 5.70. The monoisotopic (exact) mass is 411 g/mol. The zero-order valence-electron chi connectivity index (χ0n) is 18.1. The molecule has 0 atom stereocenters. The van der Waals surface area contributed by atoms with Gasteiger partial charge in [0.05, 0.1) is 5.69 Å². The Kier molecular flexibility index (Phi) is 6.69. The topological polar surface area (TPSA) is 66.1 Å². The SMILES string of the molecule is CN=C(NCC1(c2ccccc2C)CCOCC1)N1CCN(Cc2ccon2)CC1. The van der Waals surface area contributed by atoms with Crippen molar-refractivity contribution >= 4 is 5.96 Å². The summed E-state index contributed by atoms with van der Waals surface area (Å²) < 4.78 is 10.7. The van der Waals surface area contributed by atoms with Crippen LogP contribution in [0.3, 0.4) is 0 Å². The lowest BCUT2D eigenvalue weighted by molar-refractivity contribution is 0.0508. The van der Waals surface area contributed by atoms with E-state index < -0.39 is 0 Å². The van der Waals surface area contributed by atoms with Gasteiger partial charge in [0.25, 0.3) is 0 Å². The van der Waals surface area contributed by atoms with E-state index in [2.05, 4.69) is 56.5 Å². The second-order valence-electron chi connectivity index (χ2n) is 8.36. The number of hydrogen-bond acceptors (Lipinski definition) is 5. The van der Waals surface area contributed by atoms with Crippen molar-refractivity contribution in [2.24, 2.45) is 4.99 Å². The Hall–Kier alpha value is -2.38. The highest BCUT2D eigenvalue weighted by molar-refractivity contribution is 5.80. The molecule has 0 amide bonds. The number of benzene rings is 1. The number of guanidine groups is 1. The number of aliphatic imine (C=N–C) groups is 1. The van der Waals surface area contributed by atoms with Crippen molar-refractivity contribution in [3.05, 3.63) is 53.4 Å². The maximum Gasteiger partial charge on any atom is 0.193 e. The van der Waals surface area contributed by atoms with Gasteiger partial charge in [0.2, 0.25) is 0 Å². The van der Waals surface area contributed by atoms with Crippen LogP contribution in [-0.2, 0) is 16.7 Å². The number of nitrogens with one attached hydrogen (secondary N) is 1. The summed E-state index contributed by atoms with van der Waals surface area (Å²) in [6.07, 6.45) is 3.71. The van der Waals surface area contributed by atoms with Crippen molar-refractivity contribution in [2.45, 2.75) is 31.7 Å². The molecule has 3 heterocycles.